The molecule has 3 rings (SSSR count). The maximum atomic E-state index is 12.4. The molecular formula is C22H24N2O5. The van der Waals surface area contributed by atoms with Crippen molar-refractivity contribution in [1.29, 1.82) is 0 Å². The van der Waals surface area contributed by atoms with E-state index in [0.717, 1.165) is 23.2 Å². The number of methoxy groups -OCH3 is 3. The summed E-state index contributed by atoms with van der Waals surface area (Å²) in [6, 6.07) is 9.12. The Labute approximate surface area is 169 Å². The van der Waals surface area contributed by atoms with Crippen LogP contribution in [0.4, 0.5) is 11.4 Å². The minimum Gasteiger partial charge on any atom is -0.493 e. The number of anilines is 2. The summed E-state index contributed by atoms with van der Waals surface area (Å²) in [5.74, 6) is 1.22. The van der Waals surface area contributed by atoms with Gasteiger partial charge in [-0.1, -0.05) is 6.07 Å². The highest BCUT2D eigenvalue weighted by atomic mass is 16.5. The van der Waals surface area contributed by atoms with Crippen LogP contribution in [0.2, 0.25) is 0 Å². The van der Waals surface area contributed by atoms with Gasteiger partial charge in [0, 0.05) is 30.9 Å². The Bertz CT molecular complexity index is 943. The van der Waals surface area contributed by atoms with E-state index in [1.165, 1.54) is 27.4 Å². The summed E-state index contributed by atoms with van der Waals surface area (Å²) in [5.41, 5.74) is 3.32. The SMILES string of the molecule is COc1cc(/C=C/C(=O)Nc2ccc3c(c2)N(C(C)=O)CC3)cc(OC)c1OC. The molecule has 0 atom stereocenters. The topological polar surface area (TPSA) is 77.1 Å². The number of rotatable bonds is 6. The molecule has 152 valence electrons. The van der Waals surface area contributed by atoms with Gasteiger partial charge in [0.05, 0.1) is 21.3 Å². The highest BCUT2D eigenvalue weighted by molar-refractivity contribution is 6.03. The van der Waals surface area contributed by atoms with Crippen molar-refractivity contribution in [3.8, 4) is 17.2 Å². The summed E-state index contributed by atoms with van der Waals surface area (Å²) in [6.07, 6.45) is 3.91. The van der Waals surface area contributed by atoms with Crippen LogP contribution in [-0.4, -0.2) is 39.7 Å². The lowest BCUT2D eigenvalue weighted by atomic mass is 10.1. The molecule has 0 bridgehead atoms. The molecule has 0 fully saturated rings. The number of carbonyl (C=O) groups is 2. The van der Waals surface area contributed by atoms with Gasteiger partial charge in [-0.25, -0.2) is 0 Å². The van der Waals surface area contributed by atoms with Crippen LogP contribution in [0.15, 0.2) is 36.4 Å². The second-order valence-corrected chi connectivity index (χ2v) is 6.55. The van der Waals surface area contributed by atoms with Crippen molar-refractivity contribution < 1.29 is 23.8 Å². The lowest BCUT2D eigenvalue weighted by molar-refractivity contribution is -0.116. The van der Waals surface area contributed by atoms with Gasteiger partial charge in [-0.05, 0) is 47.9 Å². The number of hydrogen-bond donors (Lipinski definition) is 1. The van der Waals surface area contributed by atoms with Gasteiger partial charge in [0.1, 0.15) is 0 Å². The molecule has 0 radical (unpaired) electrons. The summed E-state index contributed by atoms with van der Waals surface area (Å²) >= 11 is 0. The van der Waals surface area contributed by atoms with E-state index in [0.29, 0.717) is 29.5 Å². The van der Waals surface area contributed by atoms with Crippen molar-refractivity contribution in [1.82, 2.24) is 0 Å². The Morgan fingerprint density at radius 3 is 2.31 bits per heavy atom. The molecule has 2 aromatic rings. The largest absolute Gasteiger partial charge is 0.493 e. The van der Waals surface area contributed by atoms with Crippen molar-refractivity contribution in [3.63, 3.8) is 0 Å². The smallest absolute Gasteiger partial charge is 0.248 e. The van der Waals surface area contributed by atoms with Crippen LogP contribution in [0, 0.1) is 0 Å². The molecule has 1 aliphatic rings. The third-order valence-corrected chi connectivity index (χ3v) is 4.74. The number of fused-ring (bicyclic) bond motifs is 1. The molecule has 0 saturated carbocycles. The van der Waals surface area contributed by atoms with E-state index in [2.05, 4.69) is 5.32 Å². The van der Waals surface area contributed by atoms with Gasteiger partial charge < -0.3 is 24.4 Å². The number of hydrogen-bond acceptors (Lipinski definition) is 5. The summed E-state index contributed by atoms with van der Waals surface area (Å²) < 4.78 is 15.9. The fourth-order valence-corrected chi connectivity index (χ4v) is 3.34. The molecule has 0 saturated heterocycles. The number of amides is 2. The molecule has 2 amide bonds. The maximum Gasteiger partial charge on any atom is 0.248 e. The van der Waals surface area contributed by atoms with Gasteiger partial charge in [-0.2, -0.15) is 0 Å². The van der Waals surface area contributed by atoms with Gasteiger partial charge in [0.15, 0.2) is 11.5 Å². The zero-order valence-electron chi connectivity index (χ0n) is 16.9. The van der Waals surface area contributed by atoms with Crippen LogP contribution in [0.25, 0.3) is 6.08 Å². The molecule has 7 nitrogen and oxygen atoms in total. The third-order valence-electron chi connectivity index (χ3n) is 4.74. The minimum atomic E-state index is -0.286. The molecule has 1 aliphatic heterocycles. The molecular weight excluding hydrogens is 372 g/mol. The molecule has 1 heterocycles. The normalized spacial score (nSPS) is 12.6. The highest BCUT2D eigenvalue weighted by Gasteiger charge is 2.22. The van der Waals surface area contributed by atoms with Gasteiger partial charge >= 0.3 is 0 Å². The predicted molar refractivity (Wildman–Crippen MR) is 112 cm³/mol. The minimum absolute atomic E-state index is 0.00507. The van der Waals surface area contributed by atoms with E-state index in [-0.39, 0.29) is 11.8 Å². The number of nitrogens with zero attached hydrogens (tertiary/aromatic N) is 1. The first-order chi connectivity index (χ1) is 14.0. The maximum absolute atomic E-state index is 12.4. The van der Waals surface area contributed by atoms with Gasteiger partial charge in [0.2, 0.25) is 17.6 Å². The van der Waals surface area contributed by atoms with E-state index >= 15 is 0 Å². The van der Waals surface area contributed by atoms with Crippen molar-refractivity contribution in [2.75, 3.05) is 38.1 Å². The quantitative estimate of drug-likeness (QED) is 0.759. The number of ether oxygens (including phenoxy) is 3. The van der Waals surface area contributed by atoms with E-state index in [1.54, 1.807) is 30.0 Å². The van der Waals surface area contributed by atoms with E-state index < -0.39 is 0 Å². The Kier molecular flexibility index (Phi) is 6.07. The molecule has 7 heteroatoms. The van der Waals surface area contributed by atoms with E-state index in [9.17, 15) is 9.59 Å². The fourth-order valence-electron chi connectivity index (χ4n) is 3.34. The van der Waals surface area contributed by atoms with Crippen molar-refractivity contribution in [2.45, 2.75) is 13.3 Å². The van der Waals surface area contributed by atoms with E-state index in [4.69, 9.17) is 14.2 Å². The summed E-state index contributed by atoms with van der Waals surface area (Å²) in [5, 5.41) is 2.83. The lowest BCUT2D eigenvalue weighted by Crippen LogP contribution is -2.25. The molecule has 29 heavy (non-hydrogen) atoms. The summed E-state index contributed by atoms with van der Waals surface area (Å²) in [4.78, 5) is 25.8. The third kappa shape index (κ3) is 4.34. The first-order valence-corrected chi connectivity index (χ1v) is 9.17. The fraction of sp³-hybridized carbons (Fsp3) is 0.273. The zero-order valence-corrected chi connectivity index (χ0v) is 16.9. The Balaban J connectivity index is 1.76. The Morgan fingerprint density at radius 2 is 1.72 bits per heavy atom. The lowest BCUT2D eigenvalue weighted by Gasteiger charge is -2.15. The summed E-state index contributed by atoms with van der Waals surface area (Å²) in [7, 11) is 4.61. The number of benzene rings is 2. The van der Waals surface area contributed by atoms with Crippen molar-refractivity contribution in [3.05, 3.63) is 47.5 Å². The molecule has 2 aromatic carbocycles. The average Bonchev–Trinajstić information content (AvgIpc) is 3.14. The average molecular weight is 396 g/mol. The van der Waals surface area contributed by atoms with Crippen LogP contribution >= 0.6 is 0 Å². The van der Waals surface area contributed by atoms with Crippen molar-refractivity contribution in [2.24, 2.45) is 0 Å². The monoisotopic (exact) mass is 396 g/mol. The summed E-state index contributed by atoms with van der Waals surface area (Å²) in [6.45, 7) is 2.21. The molecule has 0 spiro atoms. The second-order valence-electron chi connectivity index (χ2n) is 6.55. The Hall–Kier alpha value is -3.48. The predicted octanol–water partition coefficient (Wildman–Crippen LogP) is 3.27. The molecule has 0 aliphatic carbocycles. The first kappa shape index (κ1) is 20.3. The Morgan fingerprint density at radius 1 is 1.03 bits per heavy atom. The molecule has 0 aromatic heterocycles. The van der Waals surface area contributed by atoms with Crippen LogP contribution in [0.1, 0.15) is 18.1 Å². The van der Waals surface area contributed by atoms with Crippen LogP contribution in [-0.2, 0) is 16.0 Å². The standard InChI is InChI=1S/C22H24N2O5/c1-14(25)24-10-9-16-6-7-17(13-18(16)24)23-21(26)8-5-15-11-19(27-2)22(29-4)20(12-15)28-3/h5-8,11-13H,9-10H2,1-4H3,(H,23,26)/b8-5+. The second kappa shape index (κ2) is 8.68. The first-order valence-electron chi connectivity index (χ1n) is 9.17. The molecule has 1 N–H and O–H groups in total. The zero-order chi connectivity index (χ0) is 21.0. The van der Waals surface area contributed by atoms with Crippen LogP contribution in [0.5, 0.6) is 17.2 Å². The van der Waals surface area contributed by atoms with Gasteiger partial charge in [0.25, 0.3) is 0 Å². The number of nitrogens with one attached hydrogen (secondary N) is 1. The number of carbonyl (C=O) groups excluding carboxylic acids is 2. The van der Waals surface area contributed by atoms with E-state index in [1.807, 2.05) is 18.2 Å². The highest BCUT2D eigenvalue weighted by Crippen LogP contribution is 2.38. The van der Waals surface area contributed by atoms with Gasteiger partial charge in [-0.15, -0.1) is 0 Å². The van der Waals surface area contributed by atoms with Crippen molar-refractivity contribution >= 4 is 29.3 Å². The molecule has 0 unspecified atom stereocenters. The van der Waals surface area contributed by atoms with Crippen LogP contribution < -0.4 is 24.4 Å². The van der Waals surface area contributed by atoms with Crippen LogP contribution in [0.3, 0.4) is 0 Å². The van der Waals surface area contributed by atoms with Gasteiger partial charge in [-0.3, -0.25) is 9.59 Å².